The molecule has 3 N–H and O–H groups in total. The molecule has 0 saturated heterocycles. The minimum Gasteiger partial charge on any atom is -0.330 e. The minimum atomic E-state index is -3.09. The molecule has 0 radical (unpaired) electrons. The molecule has 5 nitrogen and oxygen atoms in total. The van der Waals surface area contributed by atoms with Gasteiger partial charge in [-0.05, 0) is 40.0 Å². The maximum atomic E-state index is 11.3. The van der Waals surface area contributed by atoms with Crippen molar-refractivity contribution in [3.63, 3.8) is 0 Å². The van der Waals surface area contributed by atoms with Crippen LogP contribution in [0.15, 0.2) is 0 Å². The summed E-state index contributed by atoms with van der Waals surface area (Å²) in [7, 11) is 0.832. The van der Waals surface area contributed by atoms with E-state index in [1.54, 1.807) is 0 Å². The van der Waals surface area contributed by atoms with Gasteiger partial charge in [0.1, 0.15) is 0 Å². The lowest BCUT2D eigenvalue weighted by Crippen LogP contribution is -2.30. The monoisotopic (exact) mass is 223 g/mol. The molecule has 6 heteroatoms. The normalized spacial score (nSPS) is 12.3. The molecule has 0 aromatic rings. The highest BCUT2D eigenvalue weighted by molar-refractivity contribution is 7.89. The largest absolute Gasteiger partial charge is 0.330 e. The predicted octanol–water partition coefficient (Wildman–Crippen LogP) is -0.794. The van der Waals surface area contributed by atoms with Gasteiger partial charge in [0.05, 0.1) is 5.75 Å². The van der Waals surface area contributed by atoms with Crippen LogP contribution in [-0.2, 0) is 10.0 Å². The zero-order chi connectivity index (χ0) is 11.0. The lowest BCUT2D eigenvalue weighted by atomic mass is 10.4. The SMILES string of the molecule is CN(C)CCCNS(=O)(=O)CCCN. The van der Waals surface area contributed by atoms with Gasteiger partial charge >= 0.3 is 0 Å². The van der Waals surface area contributed by atoms with Crippen LogP contribution >= 0.6 is 0 Å². The van der Waals surface area contributed by atoms with E-state index < -0.39 is 10.0 Å². The number of nitrogens with two attached hydrogens (primary N) is 1. The number of nitrogens with zero attached hydrogens (tertiary/aromatic N) is 1. The maximum Gasteiger partial charge on any atom is 0.211 e. The van der Waals surface area contributed by atoms with Crippen molar-refractivity contribution in [2.24, 2.45) is 5.73 Å². The first-order chi connectivity index (χ1) is 6.48. The number of nitrogens with one attached hydrogen (secondary N) is 1. The van der Waals surface area contributed by atoms with Crippen molar-refractivity contribution in [3.8, 4) is 0 Å². The molecule has 0 aromatic heterocycles. The zero-order valence-electron chi connectivity index (χ0n) is 8.99. The second kappa shape index (κ2) is 7.17. The first-order valence-electron chi connectivity index (χ1n) is 4.80. The van der Waals surface area contributed by atoms with Gasteiger partial charge in [-0.15, -0.1) is 0 Å². The summed E-state index contributed by atoms with van der Waals surface area (Å²) >= 11 is 0. The highest BCUT2D eigenvalue weighted by atomic mass is 32.2. The maximum absolute atomic E-state index is 11.3. The van der Waals surface area contributed by atoms with Crippen molar-refractivity contribution in [2.45, 2.75) is 12.8 Å². The molecule has 0 aliphatic carbocycles. The minimum absolute atomic E-state index is 0.130. The zero-order valence-corrected chi connectivity index (χ0v) is 9.81. The van der Waals surface area contributed by atoms with E-state index in [4.69, 9.17) is 5.73 Å². The fourth-order valence-corrected chi connectivity index (χ4v) is 2.11. The van der Waals surface area contributed by atoms with Gasteiger partial charge in [-0.3, -0.25) is 0 Å². The third-order valence-electron chi connectivity index (χ3n) is 1.72. The first-order valence-corrected chi connectivity index (χ1v) is 6.45. The van der Waals surface area contributed by atoms with Gasteiger partial charge in [0.15, 0.2) is 0 Å². The summed E-state index contributed by atoms with van der Waals surface area (Å²) in [5.41, 5.74) is 5.23. The summed E-state index contributed by atoms with van der Waals surface area (Å²) in [5, 5.41) is 0. The van der Waals surface area contributed by atoms with Crippen LogP contribution in [-0.4, -0.2) is 52.8 Å². The molecule has 0 heterocycles. The van der Waals surface area contributed by atoms with Gasteiger partial charge in [-0.1, -0.05) is 0 Å². The van der Waals surface area contributed by atoms with Gasteiger partial charge in [0.2, 0.25) is 10.0 Å². The van der Waals surface area contributed by atoms with Crippen LogP contribution in [0.4, 0.5) is 0 Å². The Morgan fingerprint density at radius 3 is 2.43 bits per heavy atom. The summed E-state index contributed by atoms with van der Waals surface area (Å²) in [6.07, 6.45) is 1.35. The smallest absolute Gasteiger partial charge is 0.211 e. The third kappa shape index (κ3) is 8.43. The average Bonchev–Trinajstić information content (AvgIpc) is 2.09. The molecule has 14 heavy (non-hydrogen) atoms. The Balaban J connectivity index is 3.56. The predicted molar refractivity (Wildman–Crippen MR) is 58.6 cm³/mol. The Hall–Kier alpha value is -0.170. The van der Waals surface area contributed by atoms with Crippen molar-refractivity contribution >= 4 is 10.0 Å². The molecule has 0 aliphatic heterocycles. The molecule has 0 atom stereocenters. The van der Waals surface area contributed by atoms with E-state index in [9.17, 15) is 8.42 Å². The van der Waals surface area contributed by atoms with Crippen LogP contribution in [0.3, 0.4) is 0 Å². The van der Waals surface area contributed by atoms with E-state index >= 15 is 0 Å². The first kappa shape index (κ1) is 13.8. The van der Waals surface area contributed by atoms with Gasteiger partial charge in [0, 0.05) is 6.54 Å². The van der Waals surface area contributed by atoms with Crippen LogP contribution in [0.5, 0.6) is 0 Å². The molecule has 0 rings (SSSR count). The molecule has 0 fully saturated rings. The van der Waals surface area contributed by atoms with Crippen molar-refractivity contribution in [1.29, 1.82) is 0 Å². The topological polar surface area (TPSA) is 75.4 Å². The molecular weight excluding hydrogens is 202 g/mol. The van der Waals surface area contributed by atoms with Crippen LogP contribution in [0.1, 0.15) is 12.8 Å². The number of hydrogen-bond acceptors (Lipinski definition) is 4. The van der Waals surface area contributed by atoms with Crippen molar-refractivity contribution in [3.05, 3.63) is 0 Å². The summed E-state index contributed by atoms with van der Waals surface area (Å²) in [6, 6.07) is 0. The molecule has 0 aromatic carbocycles. The fraction of sp³-hybridized carbons (Fsp3) is 1.00. The van der Waals surface area contributed by atoms with E-state index in [1.807, 2.05) is 19.0 Å². The Bertz CT molecular complexity index is 227. The fourth-order valence-electron chi connectivity index (χ4n) is 0.968. The van der Waals surface area contributed by atoms with Gasteiger partial charge in [0.25, 0.3) is 0 Å². The van der Waals surface area contributed by atoms with Crippen LogP contribution < -0.4 is 10.5 Å². The highest BCUT2D eigenvalue weighted by Gasteiger charge is 2.07. The number of sulfonamides is 1. The van der Waals surface area contributed by atoms with E-state index in [0.717, 1.165) is 13.0 Å². The Labute approximate surface area is 86.7 Å². The van der Waals surface area contributed by atoms with Crippen molar-refractivity contribution < 1.29 is 8.42 Å². The lowest BCUT2D eigenvalue weighted by molar-refractivity contribution is 0.400. The summed E-state index contributed by atoms with van der Waals surface area (Å²) < 4.78 is 25.0. The van der Waals surface area contributed by atoms with E-state index in [0.29, 0.717) is 19.5 Å². The molecule has 0 spiro atoms. The van der Waals surface area contributed by atoms with Gasteiger partial charge < -0.3 is 10.6 Å². The van der Waals surface area contributed by atoms with Crippen LogP contribution in [0, 0.1) is 0 Å². The Morgan fingerprint density at radius 2 is 1.93 bits per heavy atom. The third-order valence-corrected chi connectivity index (χ3v) is 3.19. The molecule has 86 valence electrons. The highest BCUT2D eigenvalue weighted by Crippen LogP contribution is 1.89. The average molecular weight is 223 g/mol. The molecule has 0 bridgehead atoms. The molecule has 0 saturated carbocycles. The molecule has 0 unspecified atom stereocenters. The van der Waals surface area contributed by atoms with Crippen LogP contribution in [0.2, 0.25) is 0 Å². The van der Waals surface area contributed by atoms with Crippen molar-refractivity contribution in [1.82, 2.24) is 9.62 Å². The summed E-state index contributed by atoms with van der Waals surface area (Å²) in [4.78, 5) is 2.02. The van der Waals surface area contributed by atoms with E-state index in [2.05, 4.69) is 4.72 Å². The lowest BCUT2D eigenvalue weighted by Gasteiger charge is -2.09. The van der Waals surface area contributed by atoms with Crippen LogP contribution in [0.25, 0.3) is 0 Å². The molecule has 0 aliphatic rings. The van der Waals surface area contributed by atoms with Crippen molar-refractivity contribution in [2.75, 3.05) is 39.5 Å². The number of rotatable bonds is 8. The van der Waals surface area contributed by atoms with E-state index in [-0.39, 0.29) is 5.75 Å². The summed E-state index contributed by atoms with van der Waals surface area (Å²) in [6.45, 7) is 1.81. The van der Waals surface area contributed by atoms with Gasteiger partial charge in [-0.25, -0.2) is 13.1 Å². The quantitative estimate of drug-likeness (QED) is 0.529. The molecular formula is C8H21N3O2S. The standard InChI is InChI=1S/C8H21N3O2S/c1-11(2)7-4-6-10-14(12,13)8-3-5-9/h10H,3-9H2,1-2H3. The van der Waals surface area contributed by atoms with Gasteiger partial charge in [-0.2, -0.15) is 0 Å². The summed E-state index contributed by atoms with van der Waals surface area (Å²) in [5.74, 6) is 0.130. The Morgan fingerprint density at radius 1 is 1.29 bits per heavy atom. The second-order valence-electron chi connectivity index (χ2n) is 3.51. The molecule has 0 amide bonds. The van der Waals surface area contributed by atoms with E-state index in [1.165, 1.54) is 0 Å². The Kier molecular flexibility index (Phi) is 7.08. The number of hydrogen-bond donors (Lipinski definition) is 2. The second-order valence-corrected chi connectivity index (χ2v) is 5.44.